The van der Waals surface area contributed by atoms with Gasteiger partial charge in [-0.3, -0.25) is 0 Å². The number of nitriles is 2. The Labute approximate surface area is 123 Å². The van der Waals surface area contributed by atoms with Gasteiger partial charge in [0.1, 0.15) is 17.7 Å². The Morgan fingerprint density at radius 1 is 0.950 bits per heavy atom. The SMILES string of the molecule is CC(C)(C)C1=CC(=C(C#N)C#N)C=C(C(C)(C)C)S1=O. The number of hydrogen-bond acceptors (Lipinski definition) is 3. The topological polar surface area (TPSA) is 64.7 Å². The van der Waals surface area contributed by atoms with Gasteiger partial charge in [0.15, 0.2) is 0 Å². The van der Waals surface area contributed by atoms with Crippen LogP contribution in [0.25, 0.3) is 0 Å². The van der Waals surface area contributed by atoms with E-state index in [-0.39, 0.29) is 16.4 Å². The summed E-state index contributed by atoms with van der Waals surface area (Å²) in [4.78, 5) is 1.51. The van der Waals surface area contributed by atoms with E-state index < -0.39 is 10.8 Å². The third-order valence-corrected chi connectivity index (χ3v) is 5.22. The predicted octanol–water partition coefficient (Wildman–Crippen LogP) is 3.95. The molecule has 1 aliphatic rings. The lowest BCUT2D eigenvalue weighted by Gasteiger charge is -2.31. The number of hydrogen-bond donors (Lipinski definition) is 0. The van der Waals surface area contributed by atoms with Crippen molar-refractivity contribution in [3.63, 3.8) is 0 Å². The minimum absolute atomic E-state index is 0.0604. The molecular weight excluding hydrogens is 268 g/mol. The average Bonchev–Trinajstić information content (AvgIpc) is 2.29. The van der Waals surface area contributed by atoms with Gasteiger partial charge in [-0.25, -0.2) is 4.21 Å². The van der Waals surface area contributed by atoms with Gasteiger partial charge in [-0.05, 0) is 23.0 Å². The van der Waals surface area contributed by atoms with E-state index in [9.17, 15) is 4.21 Å². The molecule has 1 heterocycles. The molecule has 0 unspecified atom stereocenters. The Hall–Kier alpha value is -1.65. The van der Waals surface area contributed by atoms with Crippen molar-refractivity contribution in [3.8, 4) is 12.1 Å². The van der Waals surface area contributed by atoms with E-state index in [1.165, 1.54) is 0 Å². The monoisotopic (exact) mass is 288 g/mol. The first-order chi connectivity index (χ1) is 9.02. The van der Waals surface area contributed by atoms with Crippen molar-refractivity contribution in [2.24, 2.45) is 10.8 Å². The van der Waals surface area contributed by atoms with E-state index >= 15 is 0 Å². The molecule has 0 saturated heterocycles. The third-order valence-electron chi connectivity index (χ3n) is 2.96. The maximum atomic E-state index is 12.7. The summed E-state index contributed by atoms with van der Waals surface area (Å²) in [6.45, 7) is 11.9. The molecule has 0 radical (unpaired) electrons. The standard InChI is InChI=1S/C16H20N2OS/c1-15(2,3)13-7-11(12(9-17)10-18)8-14(20(13)19)16(4,5)6/h7-8H,1-6H3. The molecule has 0 aromatic rings. The van der Waals surface area contributed by atoms with Crippen LogP contribution in [0.5, 0.6) is 0 Å². The van der Waals surface area contributed by atoms with Gasteiger partial charge in [0.2, 0.25) is 0 Å². The molecule has 0 aliphatic carbocycles. The lowest BCUT2D eigenvalue weighted by molar-refractivity contribution is 0.511. The molecule has 4 heteroatoms. The third kappa shape index (κ3) is 3.26. The molecule has 0 spiro atoms. The van der Waals surface area contributed by atoms with Gasteiger partial charge in [0.05, 0.1) is 10.8 Å². The van der Waals surface area contributed by atoms with Crippen LogP contribution in [0.2, 0.25) is 0 Å². The summed E-state index contributed by atoms with van der Waals surface area (Å²) in [6.07, 6.45) is 3.46. The molecular formula is C16H20N2OS. The van der Waals surface area contributed by atoms with Crippen LogP contribution >= 0.6 is 0 Å². The molecule has 0 atom stereocenters. The quantitative estimate of drug-likeness (QED) is 0.634. The summed E-state index contributed by atoms with van der Waals surface area (Å²) in [5.41, 5.74) is 0.0583. The average molecular weight is 288 g/mol. The van der Waals surface area contributed by atoms with E-state index in [2.05, 4.69) is 0 Å². The van der Waals surface area contributed by atoms with E-state index in [4.69, 9.17) is 10.5 Å². The van der Waals surface area contributed by atoms with Crippen LogP contribution < -0.4 is 0 Å². The Bertz CT molecular complexity index is 571. The first-order valence-electron chi connectivity index (χ1n) is 6.43. The first-order valence-corrected chi connectivity index (χ1v) is 7.58. The van der Waals surface area contributed by atoms with Crippen LogP contribution in [-0.4, -0.2) is 4.21 Å². The van der Waals surface area contributed by atoms with Gasteiger partial charge in [0, 0.05) is 15.4 Å². The Morgan fingerprint density at radius 3 is 1.55 bits per heavy atom. The molecule has 0 N–H and O–H groups in total. The molecule has 3 nitrogen and oxygen atoms in total. The van der Waals surface area contributed by atoms with Crippen molar-refractivity contribution >= 4 is 10.8 Å². The van der Waals surface area contributed by atoms with Crippen molar-refractivity contribution in [1.82, 2.24) is 0 Å². The zero-order chi connectivity index (χ0) is 15.7. The van der Waals surface area contributed by atoms with Crippen molar-refractivity contribution in [3.05, 3.63) is 33.1 Å². The maximum absolute atomic E-state index is 12.7. The largest absolute Gasteiger partial charge is 0.250 e. The minimum atomic E-state index is -1.23. The lowest BCUT2D eigenvalue weighted by atomic mass is 9.91. The number of nitrogens with zero attached hydrogens (tertiary/aromatic N) is 2. The van der Waals surface area contributed by atoms with Gasteiger partial charge in [-0.2, -0.15) is 10.5 Å². The molecule has 20 heavy (non-hydrogen) atoms. The Kier molecular flexibility index (Phi) is 4.42. The highest BCUT2D eigenvalue weighted by molar-refractivity contribution is 7.93. The molecule has 106 valence electrons. The van der Waals surface area contributed by atoms with Crippen molar-refractivity contribution in [1.29, 1.82) is 10.5 Å². The first kappa shape index (κ1) is 16.4. The van der Waals surface area contributed by atoms with E-state index in [1.54, 1.807) is 12.2 Å². The van der Waals surface area contributed by atoms with Crippen LogP contribution in [-0.2, 0) is 10.8 Å². The van der Waals surface area contributed by atoms with Crippen molar-refractivity contribution < 1.29 is 4.21 Å². The predicted molar refractivity (Wildman–Crippen MR) is 81.5 cm³/mol. The van der Waals surface area contributed by atoms with E-state index in [1.807, 2.05) is 53.7 Å². The second-order valence-electron chi connectivity index (χ2n) is 6.84. The van der Waals surface area contributed by atoms with Crippen LogP contribution in [0.4, 0.5) is 0 Å². The molecule has 1 rings (SSSR count). The van der Waals surface area contributed by atoms with Gasteiger partial charge in [-0.1, -0.05) is 41.5 Å². The Morgan fingerprint density at radius 2 is 1.30 bits per heavy atom. The summed E-state index contributed by atoms with van der Waals surface area (Å²) in [6, 6.07) is 3.82. The highest BCUT2D eigenvalue weighted by Gasteiger charge is 2.33. The van der Waals surface area contributed by atoms with Gasteiger partial charge in [-0.15, -0.1) is 0 Å². The fourth-order valence-electron chi connectivity index (χ4n) is 1.84. The zero-order valence-electron chi connectivity index (χ0n) is 12.9. The van der Waals surface area contributed by atoms with Crippen LogP contribution in [0, 0.1) is 33.5 Å². The fourth-order valence-corrected chi connectivity index (χ4v) is 3.65. The highest BCUT2D eigenvalue weighted by Crippen LogP contribution is 2.42. The number of rotatable bonds is 0. The fraction of sp³-hybridized carbons (Fsp3) is 0.500. The van der Waals surface area contributed by atoms with Gasteiger partial charge < -0.3 is 0 Å². The summed E-state index contributed by atoms with van der Waals surface area (Å²) < 4.78 is 12.7. The Balaban J connectivity index is 3.64. The summed E-state index contributed by atoms with van der Waals surface area (Å²) in [5.74, 6) is 0. The van der Waals surface area contributed by atoms with E-state index in [0.717, 1.165) is 9.81 Å². The molecule has 0 bridgehead atoms. The molecule has 0 fully saturated rings. The summed E-state index contributed by atoms with van der Waals surface area (Å²) in [7, 11) is -1.23. The van der Waals surface area contributed by atoms with E-state index in [0.29, 0.717) is 5.57 Å². The zero-order valence-corrected chi connectivity index (χ0v) is 13.7. The second-order valence-corrected chi connectivity index (χ2v) is 8.26. The summed E-state index contributed by atoms with van der Waals surface area (Å²) in [5, 5.41) is 18.1. The lowest BCUT2D eigenvalue weighted by Crippen LogP contribution is -2.24. The van der Waals surface area contributed by atoms with Crippen LogP contribution in [0.3, 0.4) is 0 Å². The molecule has 0 aromatic carbocycles. The van der Waals surface area contributed by atoms with Crippen LogP contribution in [0.15, 0.2) is 33.1 Å². The minimum Gasteiger partial charge on any atom is -0.250 e. The second kappa shape index (κ2) is 5.38. The maximum Gasteiger partial charge on any atom is 0.136 e. The highest BCUT2D eigenvalue weighted by atomic mass is 32.2. The normalized spacial score (nSPS) is 19.6. The molecule has 1 aliphatic heterocycles. The van der Waals surface area contributed by atoms with Crippen molar-refractivity contribution in [2.75, 3.05) is 0 Å². The van der Waals surface area contributed by atoms with Gasteiger partial charge >= 0.3 is 0 Å². The van der Waals surface area contributed by atoms with Crippen molar-refractivity contribution in [2.45, 2.75) is 41.5 Å². The molecule has 0 amide bonds. The smallest absolute Gasteiger partial charge is 0.136 e. The summed E-state index contributed by atoms with van der Waals surface area (Å²) >= 11 is 0. The molecule has 0 saturated carbocycles. The molecule has 0 aromatic heterocycles. The van der Waals surface area contributed by atoms with Gasteiger partial charge in [0.25, 0.3) is 0 Å². The number of allylic oxidation sites excluding steroid dienone is 6. The van der Waals surface area contributed by atoms with Crippen LogP contribution in [0.1, 0.15) is 41.5 Å².